The van der Waals surface area contributed by atoms with Crippen molar-refractivity contribution in [3.63, 3.8) is 0 Å². The maximum atomic E-state index is 5.52. The van der Waals surface area contributed by atoms with Crippen molar-refractivity contribution >= 4 is 5.69 Å². The van der Waals surface area contributed by atoms with Gasteiger partial charge in [-0.15, -0.1) is 0 Å². The van der Waals surface area contributed by atoms with E-state index in [9.17, 15) is 0 Å². The average molecular weight is 134 g/mol. The second kappa shape index (κ2) is 3.22. The topological polar surface area (TPSA) is 15.3 Å². The molecule has 52 valence electrons. The smallest absolute Gasteiger partial charge is 0.0935 e. The van der Waals surface area contributed by atoms with Crippen molar-refractivity contribution in [2.45, 2.75) is 0 Å². The van der Waals surface area contributed by atoms with Gasteiger partial charge in [0, 0.05) is 7.05 Å². The number of anilines is 1. The van der Waals surface area contributed by atoms with E-state index >= 15 is 0 Å². The zero-order valence-corrected chi connectivity index (χ0v) is 5.91. The summed E-state index contributed by atoms with van der Waals surface area (Å²) in [5, 5.41) is 1.46. The summed E-state index contributed by atoms with van der Waals surface area (Å²) in [7, 11) is 7.29. The molecule has 0 heterocycles. The maximum Gasteiger partial charge on any atom is 0.0935 e. The van der Waals surface area contributed by atoms with Crippen LogP contribution in [0.25, 0.3) is 0 Å². The van der Waals surface area contributed by atoms with Crippen LogP contribution in [-0.4, -0.2) is 7.05 Å². The summed E-state index contributed by atoms with van der Waals surface area (Å²) in [6.45, 7) is 0. The summed E-state index contributed by atoms with van der Waals surface area (Å²) in [6.07, 6.45) is 0. The molecule has 0 unspecified atom stereocenters. The van der Waals surface area contributed by atoms with Crippen molar-refractivity contribution in [2.75, 3.05) is 12.1 Å². The summed E-state index contributed by atoms with van der Waals surface area (Å²) >= 11 is 0. The van der Waals surface area contributed by atoms with E-state index in [2.05, 4.69) is 5.43 Å². The van der Waals surface area contributed by atoms with Gasteiger partial charge in [0.15, 0.2) is 0 Å². The monoisotopic (exact) mass is 134 g/mol. The minimum atomic E-state index is 0.949. The number of nitrogens with zero attached hydrogens (tertiary/aromatic N) is 1. The Morgan fingerprint density at radius 3 is 2.40 bits per heavy atom. The number of para-hydroxylation sites is 1. The Morgan fingerprint density at radius 2 is 1.90 bits per heavy atom. The molecule has 0 aromatic heterocycles. The lowest BCUT2D eigenvalue weighted by Crippen LogP contribution is -2.27. The molecule has 1 rings (SSSR count). The van der Waals surface area contributed by atoms with Gasteiger partial charge in [0.2, 0.25) is 0 Å². The highest BCUT2D eigenvalue weighted by Crippen LogP contribution is 2.08. The van der Waals surface area contributed by atoms with Crippen LogP contribution in [0.15, 0.2) is 30.3 Å². The number of hydrogen-bond acceptors (Lipinski definition) is 2. The highest BCUT2D eigenvalue weighted by molar-refractivity contribution is 5.44. The normalized spacial score (nSPS) is 9.40. The van der Waals surface area contributed by atoms with E-state index in [0.29, 0.717) is 0 Å². The Kier molecular flexibility index (Phi) is 2.29. The van der Waals surface area contributed by atoms with Gasteiger partial charge in [0.05, 0.1) is 12.7 Å². The van der Waals surface area contributed by atoms with Gasteiger partial charge in [0.25, 0.3) is 0 Å². The Morgan fingerprint density at radius 1 is 1.30 bits per heavy atom. The molecular formula is C8H10N2. The van der Waals surface area contributed by atoms with Gasteiger partial charge in [-0.1, -0.05) is 18.2 Å². The van der Waals surface area contributed by atoms with Crippen molar-refractivity contribution < 1.29 is 0 Å². The van der Waals surface area contributed by atoms with Crippen molar-refractivity contribution in [2.24, 2.45) is 0 Å². The van der Waals surface area contributed by atoms with E-state index in [0.717, 1.165) is 5.69 Å². The fraction of sp³-hybridized carbons (Fsp3) is 0.125. The van der Waals surface area contributed by atoms with E-state index in [-0.39, 0.29) is 0 Å². The molecule has 0 aliphatic carbocycles. The van der Waals surface area contributed by atoms with Crippen molar-refractivity contribution in [3.8, 4) is 0 Å². The first-order valence-corrected chi connectivity index (χ1v) is 3.12. The van der Waals surface area contributed by atoms with Gasteiger partial charge < -0.3 is 5.01 Å². The fourth-order valence-corrected chi connectivity index (χ4v) is 0.718. The van der Waals surface area contributed by atoms with Crippen molar-refractivity contribution in [3.05, 3.63) is 37.4 Å². The summed E-state index contributed by atoms with van der Waals surface area (Å²) in [5.41, 5.74) is 3.74. The summed E-state index contributed by atoms with van der Waals surface area (Å²) in [6, 6.07) is 9.68. The zero-order chi connectivity index (χ0) is 7.40. The number of hydrogen-bond donors (Lipinski definition) is 1. The molecule has 0 bridgehead atoms. The minimum Gasteiger partial charge on any atom is -0.301 e. The summed E-state index contributed by atoms with van der Waals surface area (Å²) < 4.78 is 0. The van der Waals surface area contributed by atoms with Crippen molar-refractivity contribution in [1.29, 1.82) is 0 Å². The van der Waals surface area contributed by atoms with E-state index in [1.54, 1.807) is 7.05 Å². The van der Waals surface area contributed by atoms with Crippen LogP contribution in [0, 0.1) is 7.05 Å². The molecular weight excluding hydrogens is 124 g/mol. The lowest BCUT2D eigenvalue weighted by molar-refractivity contribution is 0.824. The fourth-order valence-electron chi connectivity index (χ4n) is 0.718. The lowest BCUT2D eigenvalue weighted by Gasteiger charge is -2.15. The molecule has 10 heavy (non-hydrogen) atoms. The third-order valence-electron chi connectivity index (χ3n) is 1.28. The van der Waals surface area contributed by atoms with Gasteiger partial charge in [-0.25, -0.2) is 5.43 Å². The summed E-state index contributed by atoms with van der Waals surface area (Å²) in [4.78, 5) is 0. The molecule has 0 aliphatic rings. The molecule has 2 radical (unpaired) electrons. The molecule has 0 fully saturated rings. The third kappa shape index (κ3) is 1.48. The van der Waals surface area contributed by atoms with Crippen molar-refractivity contribution in [1.82, 2.24) is 5.43 Å². The first kappa shape index (κ1) is 7.09. The van der Waals surface area contributed by atoms with Gasteiger partial charge in [-0.2, -0.15) is 0 Å². The number of nitrogens with one attached hydrogen (secondary N) is 1. The van der Waals surface area contributed by atoms with Crippen LogP contribution in [0.2, 0.25) is 0 Å². The predicted molar refractivity (Wildman–Crippen MR) is 42.3 cm³/mol. The highest BCUT2D eigenvalue weighted by Gasteiger charge is 1.92. The first-order valence-electron chi connectivity index (χ1n) is 3.12. The molecule has 0 atom stereocenters. The molecule has 2 nitrogen and oxygen atoms in total. The van der Waals surface area contributed by atoms with Gasteiger partial charge in [-0.3, -0.25) is 0 Å². The number of hydrazine groups is 1. The molecule has 0 aliphatic heterocycles. The van der Waals surface area contributed by atoms with Crippen LogP contribution in [0.1, 0.15) is 0 Å². The van der Waals surface area contributed by atoms with E-state index in [4.69, 9.17) is 7.05 Å². The molecule has 0 saturated heterocycles. The standard InChI is InChI=1S/C8H10N2/c1-9-10(2)8-6-4-3-5-7-8/h2-7,9H,1H3. The predicted octanol–water partition coefficient (Wildman–Crippen LogP) is 1.30. The number of rotatable bonds is 2. The molecule has 1 aromatic rings. The van der Waals surface area contributed by atoms with Crippen LogP contribution in [-0.2, 0) is 0 Å². The molecule has 2 heteroatoms. The van der Waals surface area contributed by atoms with Gasteiger partial charge in [0.1, 0.15) is 0 Å². The third-order valence-corrected chi connectivity index (χ3v) is 1.28. The van der Waals surface area contributed by atoms with E-state index < -0.39 is 0 Å². The van der Waals surface area contributed by atoms with Crippen LogP contribution >= 0.6 is 0 Å². The minimum absolute atomic E-state index is 0.949. The van der Waals surface area contributed by atoms with Gasteiger partial charge >= 0.3 is 0 Å². The lowest BCUT2D eigenvalue weighted by atomic mass is 10.3. The van der Waals surface area contributed by atoms with E-state index in [1.165, 1.54) is 5.01 Å². The Bertz CT molecular complexity index is 184. The molecule has 0 saturated carbocycles. The van der Waals surface area contributed by atoms with Gasteiger partial charge in [-0.05, 0) is 12.1 Å². The largest absolute Gasteiger partial charge is 0.301 e. The second-order valence-electron chi connectivity index (χ2n) is 1.93. The maximum absolute atomic E-state index is 5.52. The van der Waals surface area contributed by atoms with Crippen LogP contribution in [0.3, 0.4) is 0 Å². The highest BCUT2D eigenvalue weighted by atomic mass is 15.5. The summed E-state index contributed by atoms with van der Waals surface area (Å²) in [5.74, 6) is 0. The second-order valence-corrected chi connectivity index (χ2v) is 1.93. The van der Waals surface area contributed by atoms with E-state index in [1.807, 2.05) is 30.3 Å². The van der Waals surface area contributed by atoms with Crippen LogP contribution < -0.4 is 10.4 Å². The Labute approximate surface area is 61.4 Å². The molecule has 0 amide bonds. The zero-order valence-electron chi connectivity index (χ0n) is 5.91. The molecule has 1 N–H and O–H groups in total. The SMILES string of the molecule is [CH]N(NC)c1ccccc1. The molecule has 1 aromatic carbocycles. The Hall–Kier alpha value is -1.02. The Balaban J connectivity index is 2.75. The quantitative estimate of drug-likeness (QED) is 0.484. The van der Waals surface area contributed by atoms with Crippen LogP contribution in [0.4, 0.5) is 5.69 Å². The van der Waals surface area contributed by atoms with Crippen LogP contribution in [0.5, 0.6) is 0 Å². The average Bonchev–Trinajstić information content (AvgIpc) is 2.05. The molecule has 0 spiro atoms. The first-order chi connectivity index (χ1) is 4.84. The number of benzene rings is 1.